The molecule has 2 unspecified atom stereocenters. The van der Waals surface area contributed by atoms with Crippen LogP contribution in [0.1, 0.15) is 52.9 Å². The SMILES string of the molecule is CC(C)CCCC1N=NC=C1CCC(C)CS. The molecule has 0 spiro atoms. The minimum atomic E-state index is 0.376. The third-order valence-corrected chi connectivity index (χ3v) is 3.98. The second kappa shape index (κ2) is 7.91. The highest BCUT2D eigenvalue weighted by molar-refractivity contribution is 7.80. The molecule has 0 radical (unpaired) electrons. The molecule has 2 nitrogen and oxygen atoms in total. The Morgan fingerprint density at radius 2 is 2.06 bits per heavy atom. The molecule has 2 atom stereocenters. The zero-order valence-electron chi connectivity index (χ0n) is 11.4. The van der Waals surface area contributed by atoms with Crippen molar-refractivity contribution in [2.24, 2.45) is 22.1 Å². The molecule has 0 saturated carbocycles. The van der Waals surface area contributed by atoms with Crippen LogP contribution in [-0.2, 0) is 0 Å². The maximum atomic E-state index is 4.33. The van der Waals surface area contributed by atoms with Gasteiger partial charge in [-0.05, 0) is 42.4 Å². The van der Waals surface area contributed by atoms with E-state index in [4.69, 9.17) is 0 Å². The number of hydrogen-bond acceptors (Lipinski definition) is 3. The van der Waals surface area contributed by atoms with Crippen LogP contribution in [0.5, 0.6) is 0 Å². The molecular weight excluding hydrogens is 228 g/mol. The van der Waals surface area contributed by atoms with Gasteiger partial charge in [0.2, 0.25) is 0 Å². The van der Waals surface area contributed by atoms with E-state index >= 15 is 0 Å². The van der Waals surface area contributed by atoms with E-state index in [1.54, 1.807) is 0 Å². The number of rotatable bonds is 8. The lowest BCUT2D eigenvalue weighted by Gasteiger charge is -2.14. The first-order valence-electron chi connectivity index (χ1n) is 6.83. The number of hydrogen-bond donors (Lipinski definition) is 1. The van der Waals surface area contributed by atoms with Crippen LogP contribution in [-0.4, -0.2) is 11.8 Å². The van der Waals surface area contributed by atoms with E-state index in [0.717, 1.165) is 18.1 Å². The van der Waals surface area contributed by atoms with Gasteiger partial charge >= 0.3 is 0 Å². The highest BCUT2D eigenvalue weighted by Crippen LogP contribution is 2.26. The lowest BCUT2D eigenvalue weighted by molar-refractivity contribution is 0.505. The molecule has 0 amide bonds. The molecule has 0 saturated heterocycles. The van der Waals surface area contributed by atoms with E-state index in [1.807, 2.05) is 6.20 Å². The van der Waals surface area contributed by atoms with Crippen molar-refractivity contribution in [1.82, 2.24) is 0 Å². The summed E-state index contributed by atoms with van der Waals surface area (Å²) in [4.78, 5) is 0. The molecule has 1 heterocycles. The fourth-order valence-corrected chi connectivity index (χ4v) is 2.23. The topological polar surface area (TPSA) is 24.7 Å². The van der Waals surface area contributed by atoms with Gasteiger partial charge in [0.15, 0.2) is 0 Å². The van der Waals surface area contributed by atoms with Crippen molar-refractivity contribution in [2.75, 3.05) is 5.75 Å². The van der Waals surface area contributed by atoms with Gasteiger partial charge in [0, 0.05) is 0 Å². The van der Waals surface area contributed by atoms with Crippen LogP contribution < -0.4 is 0 Å². The van der Waals surface area contributed by atoms with E-state index in [-0.39, 0.29) is 0 Å². The predicted molar refractivity (Wildman–Crippen MR) is 77.7 cm³/mol. The zero-order valence-corrected chi connectivity index (χ0v) is 12.3. The van der Waals surface area contributed by atoms with Gasteiger partial charge in [-0.15, -0.1) is 0 Å². The van der Waals surface area contributed by atoms with Crippen LogP contribution >= 0.6 is 12.6 Å². The molecule has 0 fully saturated rings. The molecule has 98 valence electrons. The molecule has 0 aromatic carbocycles. The maximum absolute atomic E-state index is 4.33. The van der Waals surface area contributed by atoms with Crippen LogP contribution in [0.2, 0.25) is 0 Å². The van der Waals surface area contributed by atoms with Crippen molar-refractivity contribution in [1.29, 1.82) is 0 Å². The first-order chi connectivity index (χ1) is 8.13. The van der Waals surface area contributed by atoms with Gasteiger partial charge in [0.05, 0.1) is 12.2 Å². The van der Waals surface area contributed by atoms with Crippen LogP contribution in [0.3, 0.4) is 0 Å². The van der Waals surface area contributed by atoms with Gasteiger partial charge in [-0.2, -0.15) is 22.9 Å². The van der Waals surface area contributed by atoms with E-state index in [0.29, 0.717) is 12.0 Å². The fourth-order valence-electron chi connectivity index (χ4n) is 2.05. The molecule has 0 aromatic heterocycles. The first-order valence-corrected chi connectivity index (χ1v) is 7.46. The van der Waals surface area contributed by atoms with Crippen molar-refractivity contribution in [3.8, 4) is 0 Å². The Labute approximate surface area is 111 Å². The average Bonchev–Trinajstić information content (AvgIpc) is 2.73. The fraction of sp³-hybridized carbons (Fsp3) is 0.857. The third kappa shape index (κ3) is 5.71. The summed E-state index contributed by atoms with van der Waals surface area (Å²) in [6.07, 6.45) is 8.06. The van der Waals surface area contributed by atoms with E-state index < -0.39 is 0 Å². The highest BCUT2D eigenvalue weighted by Gasteiger charge is 2.17. The van der Waals surface area contributed by atoms with Crippen molar-refractivity contribution in [3.63, 3.8) is 0 Å². The van der Waals surface area contributed by atoms with Gasteiger partial charge in [0.1, 0.15) is 0 Å². The highest BCUT2D eigenvalue weighted by atomic mass is 32.1. The van der Waals surface area contributed by atoms with Gasteiger partial charge in [0.25, 0.3) is 0 Å². The van der Waals surface area contributed by atoms with Crippen molar-refractivity contribution < 1.29 is 0 Å². The monoisotopic (exact) mass is 254 g/mol. The molecular formula is C14H26N2S. The Bertz CT molecular complexity index is 271. The van der Waals surface area contributed by atoms with Crippen molar-refractivity contribution >= 4 is 12.6 Å². The second-order valence-corrected chi connectivity index (χ2v) is 5.97. The van der Waals surface area contributed by atoms with E-state index in [9.17, 15) is 0 Å². The molecule has 1 aliphatic rings. The summed E-state index contributed by atoms with van der Waals surface area (Å²) in [5, 5.41) is 8.42. The standard InChI is InChI=1S/C14H26N2S/c1-11(2)5-4-6-14-13(9-15-16-14)8-7-12(3)10-17/h9,11-12,14,17H,4-8,10H2,1-3H3. The summed E-state index contributed by atoms with van der Waals surface area (Å²) in [6.45, 7) is 6.81. The summed E-state index contributed by atoms with van der Waals surface area (Å²) in [5.74, 6) is 2.46. The van der Waals surface area contributed by atoms with E-state index in [1.165, 1.54) is 31.3 Å². The van der Waals surface area contributed by atoms with E-state index in [2.05, 4.69) is 43.6 Å². The van der Waals surface area contributed by atoms with Crippen LogP contribution in [0.4, 0.5) is 0 Å². The quantitative estimate of drug-likeness (QED) is 0.597. The maximum Gasteiger partial charge on any atom is 0.0940 e. The summed E-state index contributed by atoms with van der Waals surface area (Å²) in [5.41, 5.74) is 1.43. The first kappa shape index (κ1) is 14.7. The number of thiol groups is 1. The largest absolute Gasteiger partial charge is 0.181 e. The number of azo groups is 1. The Kier molecular flexibility index (Phi) is 6.86. The smallest absolute Gasteiger partial charge is 0.0940 e. The Morgan fingerprint density at radius 3 is 2.71 bits per heavy atom. The third-order valence-electron chi connectivity index (χ3n) is 3.35. The van der Waals surface area contributed by atoms with Gasteiger partial charge < -0.3 is 0 Å². The molecule has 1 rings (SSSR count). The number of nitrogens with zero attached hydrogens (tertiary/aromatic N) is 2. The Balaban J connectivity index is 2.25. The average molecular weight is 254 g/mol. The molecule has 0 bridgehead atoms. The van der Waals surface area contributed by atoms with Crippen LogP contribution in [0.25, 0.3) is 0 Å². The van der Waals surface area contributed by atoms with Crippen LogP contribution in [0, 0.1) is 11.8 Å². The lowest BCUT2D eigenvalue weighted by atomic mass is 9.94. The molecule has 0 N–H and O–H groups in total. The summed E-state index contributed by atoms with van der Waals surface area (Å²) in [7, 11) is 0. The normalized spacial score (nSPS) is 21.0. The summed E-state index contributed by atoms with van der Waals surface area (Å²) in [6, 6.07) is 0.376. The second-order valence-electron chi connectivity index (χ2n) is 5.60. The van der Waals surface area contributed by atoms with Gasteiger partial charge in [-0.3, -0.25) is 0 Å². The zero-order chi connectivity index (χ0) is 12.7. The summed E-state index contributed by atoms with van der Waals surface area (Å²) >= 11 is 4.33. The molecule has 3 heteroatoms. The predicted octanol–water partition coefficient (Wildman–Crippen LogP) is 4.88. The Hall–Kier alpha value is -0.310. The van der Waals surface area contributed by atoms with Crippen molar-refractivity contribution in [3.05, 3.63) is 11.8 Å². The molecule has 0 aliphatic carbocycles. The molecule has 0 aromatic rings. The molecule has 17 heavy (non-hydrogen) atoms. The molecule has 1 aliphatic heterocycles. The Morgan fingerprint density at radius 1 is 1.29 bits per heavy atom. The minimum Gasteiger partial charge on any atom is -0.181 e. The van der Waals surface area contributed by atoms with Crippen molar-refractivity contribution in [2.45, 2.75) is 58.9 Å². The summed E-state index contributed by atoms with van der Waals surface area (Å²) < 4.78 is 0. The van der Waals surface area contributed by atoms with Crippen LogP contribution in [0.15, 0.2) is 22.0 Å². The minimum absolute atomic E-state index is 0.376. The van der Waals surface area contributed by atoms with Gasteiger partial charge in [-0.25, -0.2) is 0 Å². The van der Waals surface area contributed by atoms with Gasteiger partial charge in [-0.1, -0.05) is 33.6 Å². The lowest BCUT2D eigenvalue weighted by Crippen LogP contribution is -2.08.